The number of hydrogen-bond donors (Lipinski definition) is 3. The second kappa shape index (κ2) is 9.73. The summed E-state index contributed by atoms with van der Waals surface area (Å²) < 4.78 is 52.7. The first kappa shape index (κ1) is 24.4. The number of nitrogens with one attached hydrogen (secondary N) is 2. The number of aromatic hydroxyl groups is 1. The van der Waals surface area contributed by atoms with E-state index in [9.17, 15) is 17.7 Å². The lowest BCUT2D eigenvalue weighted by molar-refractivity contribution is 0.424. The van der Waals surface area contributed by atoms with E-state index in [-0.39, 0.29) is 40.7 Å². The number of hydrogen-bond acceptors (Lipinski definition) is 8. The van der Waals surface area contributed by atoms with E-state index in [1.165, 1.54) is 4.31 Å². The van der Waals surface area contributed by atoms with E-state index in [2.05, 4.69) is 19.4 Å². The van der Waals surface area contributed by atoms with Gasteiger partial charge in [-0.1, -0.05) is 20.8 Å². The lowest BCUT2D eigenvalue weighted by Gasteiger charge is -2.18. The Kier molecular flexibility index (Phi) is 7.43. The van der Waals surface area contributed by atoms with Gasteiger partial charge in [0, 0.05) is 18.0 Å². The van der Waals surface area contributed by atoms with Gasteiger partial charge < -0.3 is 20.2 Å². The number of rotatable bonds is 8. The SMILES string of the molecule is CC[C@@H](NC1=NS(=O)N=C1Nc1c(C)sc(S(=O)(=O)N(CC)CC)c1O)c1ccc(C)o1. The Morgan fingerprint density at radius 1 is 1.19 bits per heavy atom. The molecule has 0 amide bonds. The van der Waals surface area contributed by atoms with Gasteiger partial charge in [0.1, 0.15) is 11.5 Å². The second-order valence-corrected chi connectivity index (χ2v) is 11.2. The van der Waals surface area contributed by atoms with Crippen molar-refractivity contribution in [2.75, 3.05) is 18.4 Å². The highest BCUT2D eigenvalue weighted by molar-refractivity contribution is 7.91. The van der Waals surface area contributed by atoms with Crippen LogP contribution in [0.1, 0.15) is 49.6 Å². The Morgan fingerprint density at radius 3 is 2.41 bits per heavy atom. The average molecular weight is 502 g/mol. The summed E-state index contributed by atoms with van der Waals surface area (Å²) >= 11 is -0.882. The standard InChI is InChI=1S/C19H27N5O5S3/c1-6-13(14-10-9-11(4)29-14)20-17-18(23-31(26)22-17)21-15-12(5)30-19(16(15)25)32(27,28)24(7-2)8-3/h9-10,13,25H,6-8H2,1-5H3,(H,20,22)(H,21,23)/t13-,31?/m1/s1. The van der Waals surface area contributed by atoms with Gasteiger partial charge in [-0.25, -0.2) is 12.6 Å². The summed E-state index contributed by atoms with van der Waals surface area (Å²) in [5.41, 5.74) is 0.190. The van der Waals surface area contributed by atoms with E-state index in [0.29, 0.717) is 17.1 Å². The Labute approximate surface area is 194 Å². The molecule has 0 bridgehead atoms. The monoisotopic (exact) mass is 501 g/mol. The molecule has 3 rings (SSSR count). The third-order valence-corrected chi connectivity index (χ3v) is 9.24. The predicted octanol–water partition coefficient (Wildman–Crippen LogP) is 3.24. The summed E-state index contributed by atoms with van der Waals surface area (Å²) in [5, 5.41) is 16.8. The molecule has 2 aromatic heterocycles. The number of furan rings is 1. The van der Waals surface area contributed by atoms with E-state index in [1.54, 1.807) is 20.8 Å². The van der Waals surface area contributed by atoms with Crippen molar-refractivity contribution in [2.45, 2.75) is 51.3 Å². The minimum atomic E-state index is -3.84. The van der Waals surface area contributed by atoms with Crippen LogP contribution in [0.15, 0.2) is 29.6 Å². The minimum absolute atomic E-state index is 0.146. The summed E-state index contributed by atoms with van der Waals surface area (Å²) in [5.74, 6) is 1.46. The molecule has 0 saturated heterocycles. The molecule has 32 heavy (non-hydrogen) atoms. The molecule has 0 fully saturated rings. The van der Waals surface area contributed by atoms with Crippen molar-refractivity contribution in [3.63, 3.8) is 0 Å². The zero-order valence-electron chi connectivity index (χ0n) is 18.5. The van der Waals surface area contributed by atoms with Crippen molar-refractivity contribution in [3.8, 4) is 5.75 Å². The molecule has 1 aliphatic heterocycles. The van der Waals surface area contributed by atoms with Crippen molar-refractivity contribution in [1.82, 2.24) is 9.62 Å². The first-order valence-corrected chi connectivity index (χ1v) is 13.5. The van der Waals surface area contributed by atoms with Crippen LogP contribution in [0.4, 0.5) is 5.69 Å². The zero-order chi connectivity index (χ0) is 23.6. The summed E-state index contributed by atoms with van der Waals surface area (Å²) in [6.07, 6.45) is 0.668. The van der Waals surface area contributed by atoms with Gasteiger partial charge >= 0.3 is 0 Å². The van der Waals surface area contributed by atoms with E-state index >= 15 is 0 Å². The molecule has 0 spiro atoms. The van der Waals surface area contributed by atoms with Crippen LogP contribution in [0.25, 0.3) is 0 Å². The van der Waals surface area contributed by atoms with E-state index in [4.69, 9.17) is 4.42 Å². The maximum Gasteiger partial charge on any atom is 0.269 e. The highest BCUT2D eigenvalue weighted by Gasteiger charge is 2.32. The van der Waals surface area contributed by atoms with Gasteiger partial charge in [-0.05, 0) is 32.4 Å². The Balaban J connectivity index is 1.88. The Hall–Kier alpha value is -2.22. The summed E-state index contributed by atoms with van der Waals surface area (Å²) in [4.78, 5) is 0.543. The van der Waals surface area contributed by atoms with Crippen molar-refractivity contribution in [2.24, 2.45) is 8.80 Å². The summed E-state index contributed by atoms with van der Waals surface area (Å²) in [7, 11) is -3.84. The molecule has 10 nitrogen and oxygen atoms in total. The number of thiophene rings is 1. The fraction of sp³-hybridized carbons (Fsp3) is 0.474. The van der Waals surface area contributed by atoms with E-state index < -0.39 is 26.9 Å². The van der Waals surface area contributed by atoms with Crippen molar-refractivity contribution in [1.29, 1.82) is 0 Å². The first-order valence-electron chi connectivity index (χ1n) is 10.1. The molecule has 1 aliphatic rings. The minimum Gasteiger partial charge on any atom is -0.504 e. The molecule has 0 aliphatic carbocycles. The molecular formula is C19H27N5O5S3. The van der Waals surface area contributed by atoms with Gasteiger partial charge in [0.15, 0.2) is 21.6 Å². The smallest absolute Gasteiger partial charge is 0.269 e. The van der Waals surface area contributed by atoms with Gasteiger partial charge in [-0.3, -0.25) is 0 Å². The number of anilines is 1. The van der Waals surface area contributed by atoms with Crippen LogP contribution >= 0.6 is 11.3 Å². The van der Waals surface area contributed by atoms with Gasteiger partial charge in [-0.2, -0.15) is 4.31 Å². The summed E-state index contributed by atoms with van der Waals surface area (Å²) in [6.45, 7) is 9.54. The Morgan fingerprint density at radius 2 is 1.84 bits per heavy atom. The molecule has 176 valence electrons. The lowest BCUT2D eigenvalue weighted by atomic mass is 10.1. The largest absolute Gasteiger partial charge is 0.504 e. The van der Waals surface area contributed by atoms with Crippen LogP contribution in [-0.4, -0.2) is 46.8 Å². The molecule has 0 aromatic carbocycles. The summed E-state index contributed by atoms with van der Waals surface area (Å²) in [6, 6.07) is 3.47. The van der Waals surface area contributed by atoms with Crippen molar-refractivity contribution in [3.05, 3.63) is 28.5 Å². The molecule has 13 heteroatoms. The number of nitrogens with zero attached hydrogens (tertiary/aromatic N) is 3. The zero-order valence-corrected chi connectivity index (χ0v) is 20.9. The average Bonchev–Trinajstić information content (AvgIpc) is 3.40. The molecule has 1 unspecified atom stereocenters. The first-order chi connectivity index (χ1) is 15.1. The normalized spacial score (nSPS) is 17.4. The lowest BCUT2D eigenvalue weighted by Crippen LogP contribution is -2.36. The molecule has 2 atom stereocenters. The Bertz CT molecular complexity index is 1180. The van der Waals surface area contributed by atoms with E-state index in [1.807, 2.05) is 26.0 Å². The molecule has 0 radical (unpaired) electrons. The van der Waals surface area contributed by atoms with Crippen LogP contribution < -0.4 is 10.6 Å². The number of aryl methyl sites for hydroxylation is 2. The molecule has 0 saturated carbocycles. The van der Waals surface area contributed by atoms with Crippen LogP contribution in [0, 0.1) is 13.8 Å². The van der Waals surface area contributed by atoms with Crippen LogP contribution in [0.3, 0.4) is 0 Å². The second-order valence-electron chi connectivity index (χ2n) is 7.05. The third-order valence-electron chi connectivity index (χ3n) is 4.94. The van der Waals surface area contributed by atoms with Gasteiger partial charge in [0.25, 0.3) is 21.2 Å². The van der Waals surface area contributed by atoms with Gasteiger partial charge in [-0.15, -0.1) is 20.1 Å². The fourth-order valence-corrected chi connectivity index (χ4v) is 6.97. The predicted molar refractivity (Wildman–Crippen MR) is 127 cm³/mol. The highest BCUT2D eigenvalue weighted by Crippen LogP contribution is 2.43. The maximum absolute atomic E-state index is 12.9. The molecular weight excluding hydrogens is 474 g/mol. The van der Waals surface area contributed by atoms with Crippen LogP contribution in [-0.2, 0) is 21.2 Å². The third kappa shape index (κ3) is 4.75. The topological polar surface area (TPSA) is 137 Å². The molecule has 3 N–H and O–H groups in total. The van der Waals surface area contributed by atoms with Crippen LogP contribution in [0.5, 0.6) is 5.75 Å². The fourth-order valence-electron chi connectivity index (χ4n) is 3.25. The van der Waals surface area contributed by atoms with Gasteiger partial charge in [0.05, 0.1) is 11.7 Å². The van der Waals surface area contributed by atoms with Crippen LogP contribution in [0.2, 0.25) is 0 Å². The molecule has 2 aromatic rings. The highest BCUT2D eigenvalue weighted by atomic mass is 32.2. The van der Waals surface area contributed by atoms with E-state index in [0.717, 1.165) is 17.1 Å². The van der Waals surface area contributed by atoms with Crippen molar-refractivity contribution >= 4 is 49.9 Å². The quantitative estimate of drug-likeness (QED) is 0.505. The number of amidine groups is 2. The van der Waals surface area contributed by atoms with Gasteiger partial charge in [0.2, 0.25) is 0 Å². The number of sulfonamides is 1. The molecule has 3 heterocycles. The maximum atomic E-state index is 12.9. The van der Waals surface area contributed by atoms with Crippen molar-refractivity contribution < 1.29 is 22.2 Å².